The molecule has 3 aromatic rings. The second kappa shape index (κ2) is 8.68. The lowest BCUT2D eigenvalue weighted by Gasteiger charge is -2.36. The average molecular weight is 482 g/mol. The van der Waals surface area contributed by atoms with E-state index in [0.717, 1.165) is 28.6 Å². The lowest BCUT2D eigenvalue weighted by molar-refractivity contribution is -0.384. The molecular weight excluding hydrogens is 463 g/mol. The molecule has 0 bridgehead atoms. The highest BCUT2D eigenvalue weighted by molar-refractivity contribution is 6.32. The van der Waals surface area contributed by atoms with Gasteiger partial charge in [-0.3, -0.25) is 15.0 Å². The van der Waals surface area contributed by atoms with Crippen molar-refractivity contribution in [2.45, 2.75) is 19.6 Å². The van der Waals surface area contributed by atoms with Crippen LogP contribution in [0.15, 0.2) is 45.6 Å². The summed E-state index contributed by atoms with van der Waals surface area (Å²) in [7, 11) is 0. The Morgan fingerprint density at radius 3 is 2.45 bits per heavy atom. The van der Waals surface area contributed by atoms with Crippen molar-refractivity contribution in [3.05, 3.63) is 78.6 Å². The molecule has 0 atom stereocenters. The molecule has 1 saturated heterocycles. The largest absolute Gasteiger partial charge is 0.423 e. The Kier molecular flexibility index (Phi) is 6.06. The summed E-state index contributed by atoms with van der Waals surface area (Å²) in [5.41, 5.74) is 0.0286. The zero-order valence-electron chi connectivity index (χ0n) is 17.5. The van der Waals surface area contributed by atoms with E-state index >= 15 is 0 Å². The molecule has 11 heteroatoms. The van der Waals surface area contributed by atoms with Crippen LogP contribution in [-0.4, -0.2) is 36.0 Å². The molecule has 0 N–H and O–H groups in total. The minimum absolute atomic E-state index is 0.153. The number of hydrogen-bond acceptors (Lipinski definition) is 6. The second-order valence-electron chi connectivity index (χ2n) is 7.91. The summed E-state index contributed by atoms with van der Waals surface area (Å²) in [4.78, 5) is 26.4. The van der Waals surface area contributed by atoms with E-state index in [4.69, 9.17) is 16.0 Å². The minimum Gasteiger partial charge on any atom is -0.423 e. The molecule has 0 saturated carbocycles. The minimum atomic E-state index is -4.66. The Bertz CT molecular complexity index is 1280. The first-order chi connectivity index (χ1) is 15.5. The van der Waals surface area contributed by atoms with Crippen LogP contribution in [0.1, 0.15) is 16.7 Å². The fourth-order valence-electron chi connectivity index (χ4n) is 3.98. The molecule has 7 nitrogen and oxygen atoms in total. The van der Waals surface area contributed by atoms with Gasteiger partial charge in [0.05, 0.1) is 10.5 Å². The molecule has 4 rings (SSSR count). The summed E-state index contributed by atoms with van der Waals surface area (Å²) < 4.78 is 44.2. The average Bonchev–Trinajstić information content (AvgIpc) is 2.74. The van der Waals surface area contributed by atoms with E-state index in [9.17, 15) is 28.1 Å². The molecule has 0 aliphatic carbocycles. The van der Waals surface area contributed by atoms with Gasteiger partial charge in [0.25, 0.3) is 5.69 Å². The van der Waals surface area contributed by atoms with E-state index in [2.05, 4.69) is 4.90 Å². The number of alkyl halides is 3. The van der Waals surface area contributed by atoms with Crippen molar-refractivity contribution in [1.29, 1.82) is 0 Å². The molecule has 1 fully saturated rings. The SMILES string of the molecule is Cc1cc2oc(=O)cc(CN3CCN(c4ccc(C(F)(F)F)cc4[N+](=O)[O-])CC3)c2cc1Cl. The molecule has 1 aromatic heterocycles. The highest BCUT2D eigenvalue weighted by Gasteiger charge is 2.34. The maximum Gasteiger partial charge on any atom is 0.416 e. The summed E-state index contributed by atoms with van der Waals surface area (Å²) in [6.07, 6.45) is -4.66. The molecule has 1 aliphatic rings. The summed E-state index contributed by atoms with van der Waals surface area (Å²) in [6, 6.07) is 7.47. The molecule has 33 heavy (non-hydrogen) atoms. The summed E-state index contributed by atoms with van der Waals surface area (Å²) >= 11 is 6.24. The number of nitro groups is 1. The Labute approximate surface area is 191 Å². The predicted molar refractivity (Wildman–Crippen MR) is 118 cm³/mol. The number of nitro benzene ring substituents is 1. The Morgan fingerprint density at radius 2 is 1.82 bits per heavy atom. The van der Waals surface area contributed by atoms with Gasteiger partial charge in [0.1, 0.15) is 11.3 Å². The Hall–Kier alpha value is -3.11. The van der Waals surface area contributed by atoms with Crippen molar-refractivity contribution >= 4 is 33.9 Å². The number of aryl methyl sites for hydroxylation is 1. The second-order valence-corrected chi connectivity index (χ2v) is 8.32. The first-order valence-corrected chi connectivity index (χ1v) is 10.5. The standard InChI is InChI=1S/C22H19ClF3N3O4/c1-13-8-20-16(11-17(13)23)14(9-21(30)33-20)12-27-4-6-28(7-5-27)18-3-2-15(22(24,25)26)10-19(18)29(31)32/h2-3,8-11H,4-7,12H2,1H3. The van der Waals surface area contributed by atoms with Gasteiger partial charge in [0, 0.05) is 55.3 Å². The highest BCUT2D eigenvalue weighted by atomic mass is 35.5. The number of piperazine rings is 1. The van der Waals surface area contributed by atoms with E-state index in [1.807, 2.05) is 6.92 Å². The molecule has 0 unspecified atom stereocenters. The van der Waals surface area contributed by atoms with E-state index in [-0.39, 0.29) is 5.69 Å². The zero-order chi connectivity index (χ0) is 23.9. The van der Waals surface area contributed by atoms with Gasteiger partial charge in [0.15, 0.2) is 0 Å². The molecule has 0 radical (unpaired) electrons. The topological polar surface area (TPSA) is 79.8 Å². The molecular formula is C22H19ClF3N3O4. The van der Waals surface area contributed by atoms with Gasteiger partial charge in [-0.1, -0.05) is 11.6 Å². The Morgan fingerprint density at radius 1 is 1.12 bits per heavy atom. The fraction of sp³-hybridized carbons (Fsp3) is 0.318. The van der Waals surface area contributed by atoms with Crippen molar-refractivity contribution in [1.82, 2.24) is 4.90 Å². The lowest BCUT2D eigenvalue weighted by Crippen LogP contribution is -2.46. The van der Waals surface area contributed by atoms with Crippen LogP contribution >= 0.6 is 11.6 Å². The smallest absolute Gasteiger partial charge is 0.416 e. The number of nitrogens with zero attached hydrogens (tertiary/aromatic N) is 3. The first-order valence-electron chi connectivity index (χ1n) is 10.1. The fourth-order valence-corrected chi connectivity index (χ4v) is 4.14. The zero-order valence-corrected chi connectivity index (χ0v) is 18.2. The van der Waals surface area contributed by atoms with E-state index < -0.39 is 28.0 Å². The van der Waals surface area contributed by atoms with Crippen LogP contribution in [-0.2, 0) is 12.7 Å². The summed E-state index contributed by atoms with van der Waals surface area (Å²) in [5.74, 6) is 0. The molecule has 0 amide bonds. The molecule has 0 spiro atoms. The van der Waals surface area contributed by atoms with Gasteiger partial charge < -0.3 is 9.32 Å². The molecule has 2 aromatic carbocycles. The number of hydrogen-bond donors (Lipinski definition) is 0. The van der Waals surface area contributed by atoms with Gasteiger partial charge in [0.2, 0.25) is 0 Å². The first kappa shape index (κ1) is 23.1. The van der Waals surface area contributed by atoms with E-state index in [1.54, 1.807) is 17.0 Å². The number of rotatable bonds is 4. The van der Waals surface area contributed by atoms with Crippen molar-refractivity contribution in [2.75, 3.05) is 31.1 Å². The van der Waals surface area contributed by atoms with Crippen molar-refractivity contribution in [2.24, 2.45) is 0 Å². The normalized spacial score (nSPS) is 15.2. The summed E-state index contributed by atoms with van der Waals surface area (Å²) in [6.45, 7) is 4.01. The van der Waals surface area contributed by atoms with Crippen LogP contribution < -0.4 is 10.5 Å². The van der Waals surface area contributed by atoms with E-state index in [1.165, 1.54) is 6.07 Å². The number of benzene rings is 2. The monoisotopic (exact) mass is 481 g/mol. The molecule has 2 heterocycles. The van der Waals surface area contributed by atoms with Gasteiger partial charge in [-0.05, 0) is 42.3 Å². The predicted octanol–water partition coefficient (Wildman–Crippen LogP) is 5.00. The third-order valence-electron chi connectivity index (χ3n) is 5.72. The maximum atomic E-state index is 13.0. The molecule has 174 valence electrons. The van der Waals surface area contributed by atoms with Crippen LogP contribution in [0, 0.1) is 17.0 Å². The van der Waals surface area contributed by atoms with E-state index in [0.29, 0.717) is 49.4 Å². The number of fused-ring (bicyclic) bond motifs is 1. The van der Waals surface area contributed by atoms with Crippen molar-refractivity contribution in [3.8, 4) is 0 Å². The molecule has 1 aliphatic heterocycles. The summed E-state index contributed by atoms with van der Waals surface area (Å²) in [5, 5.41) is 12.7. The third-order valence-corrected chi connectivity index (χ3v) is 6.12. The van der Waals surface area contributed by atoms with Gasteiger partial charge in [-0.15, -0.1) is 0 Å². The Balaban J connectivity index is 1.53. The van der Waals surface area contributed by atoms with Gasteiger partial charge >= 0.3 is 11.8 Å². The van der Waals surface area contributed by atoms with Crippen LogP contribution in [0.4, 0.5) is 24.5 Å². The highest BCUT2D eigenvalue weighted by Crippen LogP contribution is 2.37. The number of halogens is 4. The van der Waals surface area contributed by atoms with Crippen LogP contribution in [0.2, 0.25) is 5.02 Å². The van der Waals surface area contributed by atoms with Crippen molar-refractivity contribution < 1.29 is 22.5 Å². The van der Waals surface area contributed by atoms with Crippen LogP contribution in [0.5, 0.6) is 0 Å². The third kappa shape index (κ3) is 4.81. The number of anilines is 1. The quantitative estimate of drug-likeness (QED) is 0.296. The lowest BCUT2D eigenvalue weighted by atomic mass is 10.1. The van der Waals surface area contributed by atoms with Crippen LogP contribution in [0.25, 0.3) is 11.0 Å². The van der Waals surface area contributed by atoms with Gasteiger partial charge in [-0.25, -0.2) is 4.79 Å². The van der Waals surface area contributed by atoms with Crippen LogP contribution in [0.3, 0.4) is 0 Å². The van der Waals surface area contributed by atoms with Crippen molar-refractivity contribution in [3.63, 3.8) is 0 Å². The maximum absolute atomic E-state index is 13.0. The van der Waals surface area contributed by atoms with Gasteiger partial charge in [-0.2, -0.15) is 13.2 Å².